The molecule has 1 aromatic rings. The van der Waals surface area contributed by atoms with Gasteiger partial charge in [-0.1, -0.05) is 18.8 Å². The summed E-state index contributed by atoms with van der Waals surface area (Å²) in [4.78, 5) is 14.2. The molecule has 4 nitrogen and oxygen atoms in total. The Hall–Kier alpha value is -1.83. The van der Waals surface area contributed by atoms with Gasteiger partial charge in [0.2, 0.25) is 0 Å². The predicted molar refractivity (Wildman–Crippen MR) is 76.3 cm³/mol. The minimum absolute atomic E-state index is 0.0356. The fraction of sp³-hybridized carbons (Fsp3) is 0.438. The van der Waals surface area contributed by atoms with Gasteiger partial charge in [0.25, 0.3) is 5.91 Å². The molecular weight excluding hydrogens is 254 g/mol. The van der Waals surface area contributed by atoms with E-state index in [1.54, 1.807) is 24.3 Å². The number of morpholine rings is 1. The third-order valence-corrected chi connectivity index (χ3v) is 3.32. The molecule has 1 N–H and O–H groups in total. The lowest BCUT2D eigenvalue weighted by Crippen LogP contribution is -2.45. The van der Waals surface area contributed by atoms with Crippen molar-refractivity contribution in [2.75, 3.05) is 26.3 Å². The normalized spacial score (nSPS) is 18.3. The van der Waals surface area contributed by atoms with Crippen molar-refractivity contribution in [2.24, 2.45) is 0 Å². The molecule has 1 aromatic carbocycles. The maximum Gasteiger partial charge on any atom is 0.254 e. The molecule has 0 bridgehead atoms. The van der Waals surface area contributed by atoms with E-state index in [0.717, 1.165) is 12.0 Å². The molecule has 106 valence electrons. The van der Waals surface area contributed by atoms with E-state index in [1.807, 2.05) is 4.90 Å². The highest BCUT2D eigenvalue weighted by atomic mass is 16.5. The molecule has 2 rings (SSSR count). The number of hydrogen-bond acceptors (Lipinski definition) is 3. The first kappa shape index (κ1) is 14.6. The molecule has 20 heavy (non-hydrogen) atoms. The van der Waals surface area contributed by atoms with Gasteiger partial charge in [-0.05, 0) is 30.7 Å². The van der Waals surface area contributed by atoms with Crippen LogP contribution in [0.15, 0.2) is 24.3 Å². The zero-order valence-electron chi connectivity index (χ0n) is 11.6. The van der Waals surface area contributed by atoms with Gasteiger partial charge >= 0.3 is 0 Å². The van der Waals surface area contributed by atoms with Gasteiger partial charge < -0.3 is 14.7 Å². The molecule has 0 spiro atoms. The molecule has 0 aliphatic carbocycles. The Kier molecular flexibility index (Phi) is 5.16. The number of amides is 1. The average molecular weight is 273 g/mol. The van der Waals surface area contributed by atoms with Crippen molar-refractivity contribution >= 4 is 5.91 Å². The third kappa shape index (κ3) is 3.60. The molecule has 0 aromatic heterocycles. The second kappa shape index (κ2) is 7.09. The molecule has 1 unspecified atom stereocenters. The number of benzene rings is 1. The van der Waals surface area contributed by atoms with E-state index in [1.165, 1.54) is 0 Å². The highest BCUT2D eigenvalue weighted by Crippen LogP contribution is 2.13. The lowest BCUT2D eigenvalue weighted by atomic mass is 10.1. The summed E-state index contributed by atoms with van der Waals surface area (Å²) in [6.07, 6.45) is 1.06. The largest absolute Gasteiger partial charge is 0.384 e. The van der Waals surface area contributed by atoms with Crippen molar-refractivity contribution in [3.8, 4) is 11.8 Å². The van der Waals surface area contributed by atoms with Crippen LogP contribution in [0, 0.1) is 11.8 Å². The van der Waals surface area contributed by atoms with E-state index in [4.69, 9.17) is 9.84 Å². The number of nitrogens with zero attached hydrogens (tertiary/aromatic N) is 1. The van der Waals surface area contributed by atoms with Gasteiger partial charge in [0.15, 0.2) is 0 Å². The van der Waals surface area contributed by atoms with Crippen molar-refractivity contribution in [1.29, 1.82) is 0 Å². The molecule has 1 saturated heterocycles. The van der Waals surface area contributed by atoms with Crippen LogP contribution in [-0.2, 0) is 4.74 Å². The van der Waals surface area contributed by atoms with Gasteiger partial charge in [-0.25, -0.2) is 0 Å². The molecule has 1 amide bonds. The van der Waals surface area contributed by atoms with Gasteiger partial charge in [-0.15, -0.1) is 0 Å². The van der Waals surface area contributed by atoms with Crippen LogP contribution in [0.4, 0.5) is 0 Å². The molecule has 0 saturated carbocycles. The number of rotatable bonds is 2. The first-order valence-corrected chi connectivity index (χ1v) is 6.85. The van der Waals surface area contributed by atoms with Gasteiger partial charge in [0.1, 0.15) is 6.61 Å². The predicted octanol–water partition coefficient (Wildman–Crippen LogP) is 1.28. The highest BCUT2D eigenvalue weighted by Gasteiger charge is 2.23. The van der Waals surface area contributed by atoms with Crippen molar-refractivity contribution < 1.29 is 14.6 Å². The SMILES string of the molecule is CCC1CN(C(=O)c2ccc(C#CCO)cc2)CCO1. The zero-order chi connectivity index (χ0) is 14.4. The molecule has 1 fully saturated rings. The summed E-state index contributed by atoms with van der Waals surface area (Å²) in [6.45, 7) is 3.80. The standard InChI is InChI=1S/C16H19NO3/c1-2-15-12-17(9-11-20-15)16(19)14-7-5-13(6-8-14)4-3-10-18/h5-8,15,18H,2,9-12H2,1H3. The van der Waals surface area contributed by atoms with Gasteiger partial charge in [-0.2, -0.15) is 0 Å². The summed E-state index contributed by atoms with van der Waals surface area (Å²) in [5, 5.41) is 8.64. The van der Waals surface area contributed by atoms with Crippen LogP contribution >= 0.6 is 0 Å². The van der Waals surface area contributed by atoms with E-state index < -0.39 is 0 Å². The van der Waals surface area contributed by atoms with E-state index in [0.29, 0.717) is 25.3 Å². The number of carbonyl (C=O) groups excluding carboxylic acids is 1. The van der Waals surface area contributed by atoms with Gasteiger partial charge in [0.05, 0.1) is 12.7 Å². The van der Waals surface area contributed by atoms with Crippen molar-refractivity contribution in [2.45, 2.75) is 19.4 Å². The highest BCUT2D eigenvalue weighted by molar-refractivity contribution is 5.94. The number of aliphatic hydroxyl groups is 1. The minimum atomic E-state index is -0.160. The van der Waals surface area contributed by atoms with E-state index in [2.05, 4.69) is 18.8 Å². The van der Waals surface area contributed by atoms with E-state index in [9.17, 15) is 4.79 Å². The van der Waals surface area contributed by atoms with Crippen LogP contribution in [-0.4, -0.2) is 48.3 Å². The quantitative estimate of drug-likeness (QED) is 0.826. The van der Waals surface area contributed by atoms with Gasteiger partial charge in [0, 0.05) is 24.2 Å². The van der Waals surface area contributed by atoms with Crippen molar-refractivity contribution in [3.05, 3.63) is 35.4 Å². The van der Waals surface area contributed by atoms with Crippen LogP contribution in [0.1, 0.15) is 29.3 Å². The minimum Gasteiger partial charge on any atom is -0.384 e. The Balaban J connectivity index is 2.05. The van der Waals surface area contributed by atoms with E-state index >= 15 is 0 Å². The van der Waals surface area contributed by atoms with Crippen molar-refractivity contribution in [3.63, 3.8) is 0 Å². The Morgan fingerprint density at radius 2 is 2.20 bits per heavy atom. The Bertz CT molecular complexity index is 513. The lowest BCUT2D eigenvalue weighted by molar-refractivity contribution is -0.0226. The molecule has 4 heteroatoms. The second-order valence-electron chi connectivity index (χ2n) is 4.69. The van der Waals surface area contributed by atoms with Crippen molar-refractivity contribution in [1.82, 2.24) is 4.90 Å². The number of ether oxygens (including phenoxy) is 1. The first-order chi connectivity index (χ1) is 9.74. The smallest absolute Gasteiger partial charge is 0.254 e. The Labute approximate surface area is 119 Å². The maximum atomic E-state index is 12.4. The summed E-state index contributed by atoms with van der Waals surface area (Å²) in [5.74, 6) is 5.43. The number of hydrogen-bond donors (Lipinski definition) is 1. The zero-order valence-corrected chi connectivity index (χ0v) is 11.6. The summed E-state index contributed by atoms with van der Waals surface area (Å²) in [7, 11) is 0. The van der Waals surface area contributed by atoms with E-state index in [-0.39, 0.29) is 18.6 Å². The number of aliphatic hydroxyl groups excluding tert-OH is 1. The maximum absolute atomic E-state index is 12.4. The number of carbonyl (C=O) groups is 1. The molecule has 1 heterocycles. The molecule has 1 atom stereocenters. The summed E-state index contributed by atoms with van der Waals surface area (Å²) >= 11 is 0. The Morgan fingerprint density at radius 3 is 2.85 bits per heavy atom. The molecule has 0 radical (unpaired) electrons. The lowest BCUT2D eigenvalue weighted by Gasteiger charge is -2.32. The van der Waals surface area contributed by atoms with Crippen LogP contribution in [0.25, 0.3) is 0 Å². The third-order valence-electron chi connectivity index (χ3n) is 3.32. The van der Waals surface area contributed by atoms with Crippen LogP contribution in [0.5, 0.6) is 0 Å². The summed E-state index contributed by atoms with van der Waals surface area (Å²) < 4.78 is 5.57. The molecule has 1 aliphatic heterocycles. The Morgan fingerprint density at radius 1 is 1.45 bits per heavy atom. The summed E-state index contributed by atoms with van der Waals surface area (Å²) in [5.41, 5.74) is 1.46. The second-order valence-corrected chi connectivity index (χ2v) is 4.69. The fourth-order valence-electron chi connectivity index (χ4n) is 2.17. The average Bonchev–Trinajstić information content (AvgIpc) is 2.52. The fourth-order valence-corrected chi connectivity index (χ4v) is 2.17. The van der Waals surface area contributed by atoms with Crippen LogP contribution in [0.2, 0.25) is 0 Å². The molecular formula is C16H19NO3. The topological polar surface area (TPSA) is 49.8 Å². The monoisotopic (exact) mass is 273 g/mol. The van der Waals surface area contributed by atoms with Crippen LogP contribution < -0.4 is 0 Å². The molecule has 1 aliphatic rings. The summed E-state index contributed by atoms with van der Waals surface area (Å²) in [6, 6.07) is 7.15. The first-order valence-electron chi connectivity index (χ1n) is 6.85. The van der Waals surface area contributed by atoms with Crippen LogP contribution in [0.3, 0.4) is 0 Å². The van der Waals surface area contributed by atoms with Gasteiger partial charge in [-0.3, -0.25) is 4.79 Å².